The third-order valence-electron chi connectivity index (χ3n) is 7.22. The predicted molar refractivity (Wildman–Crippen MR) is 126 cm³/mol. The van der Waals surface area contributed by atoms with Crippen LogP contribution in [0.5, 0.6) is 0 Å². The van der Waals surface area contributed by atoms with Crippen LogP contribution >= 0.6 is 0 Å². The third kappa shape index (κ3) is 4.42. The van der Waals surface area contributed by atoms with E-state index < -0.39 is 17.6 Å². The van der Waals surface area contributed by atoms with Gasteiger partial charge in [0.15, 0.2) is 5.82 Å². The third-order valence-corrected chi connectivity index (χ3v) is 7.22. The molecule has 2 bridgehead atoms. The molecule has 4 aromatic heterocycles. The Morgan fingerprint density at radius 1 is 1.19 bits per heavy atom. The van der Waals surface area contributed by atoms with E-state index >= 15 is 0 Å². The zero-order chi connectivity index (χ0) is 25.4. The van der Waals surface area contributed by atoms with Gasteiger partial charge < -0.3 is 14.3 Å². The van der Waals surface area contributed by atoms with Crippen LogP contribution in [-0.2, 0) is 15.7 Å². The average molecular weight is 506 g/mol. The van der Waals surface area contributed by atoms with E-state index in [9.17, 15) is 22.4 Å². The van der Waals surface area contributed by atoms with Crippen molar-refractivity contribution in [1.82, 2.24) is 24.5 Å². The van der Waals surface area contributed by atoms with Crippen molar-refractivity contribution in [3.8, 4) is 11.4 Å². The number of hydrogen-bond donors (Lipinski definition) is 1. The standard InChI is InChI=1S/C22H19F4N5.C3H6O2.H2/c23-13-6-14-15(8-28-19(14)27-7-13)20-29-9-16-17(22(24,25)26)10-31(21(16)30-20)18-5-11-1-3-12(18)4-2-11;1-2-5-3-4;/h6-12,18H,1-5H2,(H,27,28);3H,2H2,1H3;1H/t11?,12?,18-;;/m0../s1. The summed E-state index contributed by atoms with van der Waals surface area (Å²) in [5.41, 5.74) is 0.558. The number of ether oxygens (including phenoxy) is 1. The van der Waals surface area contributed by atoms with Gasteiger partial charge in [-0.05, 0) is 44.1 Å². The van der Waals surface area contributed by atoms with Crippen molar-refractivity contribution in [1.29, 1.82) is 0 Å². The summed E-state index contributed by atoms with van der Waals surface area (Å²) >= 11 is 0. The van der Waals surface area contributed by atoms with E-state index in [1.54, 1.807) is 17.7 Å². The molecule has 0 amide bonds. The van der Waals surface area contributed by atoms with Crippen LogP contribution in [0.2, 0.25) is 0 Å². The van der Waals surface area contributed by atoms with E-state index in [1.165, 1.54) is 18.5 Å². The number of nitrogens with one attached hydrogen (secondary N) is 1. The van der Waals surface area contributed by atoms with Gasteiger partial charge in [0.05, 0.1) is 18.4 Å². The first kappa shape index (κ1) is 24.2. The number of alkyl halides is 3. The molecule has 11 heteroatoms. The van der Waals surface area contributed by atoms with Crippen molar-refractivity contribution >= 4 is 28.5 Å². The number of carbonyl (C=O) groups is 1. The molecule has 3 aliphatic carbocycles. The van der Waals surface area contributed by atoms with E-state index in [1.807, 2.05) is 0 Å². The van der Waals surface area contributed by atoms with E-state index in [-0.39, 0.29) is 24.3 Å². The molecule has 0 spiro atoms. The topological polar surface area (TPSA) is 85.7 Å². The van der Waals surface area contributed by atoms with Gasteiger partial charge in [-0.3, -0.25) is 4.79 Å². The van der Waals surface area contributed by atoms with Gasteiger partial charge in [-0.15, -0.1) is 0 Å². The highest BCUT2D eigenvalue weighted by molar-refractivity contribution is 5.93. The summed E-state index contributed by atoms with van der Waals surface area (Å²) in [7, 11) is 0. The lowest BCUT2D eigenvalue weighted by Gasteiger charge is -2.43. The molecule has 0 radical (unpaired) electrons. The lowest BCUT2D eigenvalue weighted by molar-refractivity contribution is -0.136. The van der Waals surface area contributed by atoms with Crippen LogP contribution in [-0.4, -0.2) is 37.6 Å². The van der Waals surface area contributed by atoms with Gasteiger partial charge in [0.2, 0.25) is 0 Å². The fourth-order valence-electron chi connectivity index (χ4n) is 5.55. The normalized spacial score (nSPS) is 21.4. The molecule has 0 saturated heterocycles. The SMILES string of the molecule is CCOC=O.Fc1cnc2[nH]cc(-c3ncc4c(C(F)(F)F)cn([C@H]5CC6CCC5CC6)c4n3)c2c1.[HH]. The molecule has 3 saturated carbocycles. The number of nitrogens with zero attached hydrogens (tertiary/aromatic N) is 4. The Labute approximate surface area is 205 Å². The van der Waals surface area contributed by atoms with Crippen LogP contribution in [0.3, 0.4) is 0 Å². The zero-order valence-electron chi connectivity index (χ0n) is 19.6. The van der Waals surface area contributed by atoms with Gasteiger partial charge in [-0.1, -0.05) is 12.8 Å². The van der Waals surface area contributed by atoms with Gasteiger partial charge in [-0.2, -0.15) is 13.2 Å². The van der Waals surface area contributed by atoms with E-state index in [4.69, 9.17) is 0 Å². The average Bonchev–Trinajstić information content (AvgIpc) is 3.46. The van der Waals surface area contributed by atoms with Crippen LogP contribution in [0.15, 0.2) is 30.9 Å². The quantitative estimate of drug-likeness (QED) is 0.260. The van der Waals surface area contributed by atoms with Crippen molar-refractivity contribution < 1.29 is 28.5 Å². The van der Waals surface area contributed by atoms with Gasteiger partial charge in [0.25, 0.3) is 6.47 Å². The van der Waals surface area contributed by atoms with Gasteiger partial charge in [0, 0.05) is 42.4 Å². The Hall–Kier alpha value is -3.50. The van der Waals surface area contributed by atoms with Crippen molar-refractivity contribution in [2.24, 2.45) is 11.8 Å². The Balaban J connectivity index is 0.000000490. The maximum absolute atomic E-state index is 13.8. The number of carbonyl (C=O) groups excluding carboxylic acids is 1. The lowest BCUT2D eigenvalue weighted by Crippen LogP contribution is -2.33. The molecule has 4 aromatic rings. The van der Waals surface area contributed by atoms with Gasteiger partial charge >= 0.3 is 6.18 Å². The Kier molecular flexibility index (Phi) is 6.40. The summed E-state index contributed by atoms with van der Waals surface area (Å²) in [6.07, 6.45) is 5.95. The van der Waals surface area contributed by atoms with Crippen molar-refractivity contribution in [3.05, 3.63) is 42.2 Å². The van der Waals surface area contributed by atoms with Gasteiger partial charge in [-0.25, -0.2) is 19.3 Å². The molecule has 36 heavy (non-hydrogen) atoms. The second-order valence-electron chi connectivity index (χ2n) is 9.27. The van der Waals surface area contributed by atoms with Gasteiger partial charge in [0.1, 0.15) is 17.1 Å². The summed E-state index contributed by atoms with van der Waals surface area (Å²) in [6, 6.07) is 1.33. The lowest BCUT2D eigenvalue weighted by atomic mass is 9.68. The second kappa shape index (κ2) is 9.51. The first-order chi connectivity index (χ1) is 17.3. The minimum absolute atomic E-state index is 0. The molecule has 1 N–H and O–H groups in total. The Bertz CT molecular complexity index is 1400. The number of fused-ring (bicyclic) bond motifs is 5. The minimum Gasteiger partial charge on any atom is -0.468 e. The molecular weight excluding hydrogens is 478 g/mol. The maximum Gasteiger partial charge on any atom is 0.418 e. The monoisotopic (exact) mass is 505 g/mol. The Morgan fingerprint density at radius 3 is 2.58 bits per heavy atom. The van der Waals surface area contributed by atoms with Crippen LogP contribution in [0.4, 0.5) is 17.6 Å². The summed E-state index contributed by atoms with van der Waals surface area (Å²) in [5.74, 6) is 0.674. The van der Waals surface area contributed by atoms with Crippen molar-refractivity contribution in [2.75, 3.05) is 6.61 Å². The molecule has 4 heterocycles. The van der Waals surface area contributed by atoms with E-state index in [0.717, 1.165) is 38.3 Å². The molecule has 0 aromatic carbocycles. The summed E-state index contributed by atoms with van der Waals surface area (Å²) in [5, 5.41) is 0.493. The molecule has 192 valence electrons. The van der Waals surface area contributed by atoms with E-state index in [0.29, 0.717) is 41.5 Å². The summed E-state index contributed by atoms with van der Waals surface area (Å²) in [4.78, 5) is 24.9. The highest BCUT2D eigenvalue weighted by Gasteiger charge is 2.40. The first-order valence-corrected chi connectivity index (χ1v) is 11.9. The summed E-state index contributed by atoms with van der Waals surface area (Å²) in [6.45, 7) is 2.66. The van der Waals surface area contributed by atoms with E-state index in [2.05, 4.69) is 24.7 Å². The largest absolute Gasteiger partial charge is 0.468 e. The fraction of sp³-hybridized carbons (Fsp3) is 0.440. The highest BCUT2D eigenvalue weighted by Crippen LogP contribution is 2.49. The van der Waals surface area contributed by atoms with Crippen LogP contribution in [0.1, 0.15) is 52.1 Å². The molecule has 0 aliphatic heterocycles. The second-order valence-corrected chi connectivity index (χ2v) is 9.27. The van der Waals surface area contributed by atoms with Crippen LogP contribution < -0.4 is 0 Å². The summed E-state index contributed by atoms with van der Waals surface area (Å²) < 4.78 is 61.0. The first-order valence-electron chi connectivity index (χ1n) is 11.9. The van der Waals surface area contributed by atoms with Crippen molar-refractivity contribution in [3.63, 3.8) is 0 Å². The number of hydrogen-bond acceptors (Lipinski definition) is 5. The molecular formula is C25H27F4N5O2. The molecule has 7 rings (SSSR count). The smallest absolute Gasteiger partial charge is 0.418 e. The molecule has 1 atom stereocenters. The van der Waals surface area contributed by atoms with Crippen LogP contribution in [0.25, 0.3) is 33.5 Å². The molecule has 0 unspecified atom stereocenters. The maximum atomic E-state index is 13.8. The number of rotatable bonds is 4. The molecule has 3 fully saturated rings. The molecule has 7 nitrogen and oxygen atoms in total. The Morgan fingerprint density at radius 2 is 1.97 bits per heavy atom. The number of pyridine rings is 1. The highest BCUT2D eigenvalue weighted by atomic mass is 19.4. The molecule has 3 aliphatic rings. The fourth-order valence-corrected chi connectivity index (χ4v) is 5.55. The predicted octanol–water partition coefficient (Wildman–Crippen LogP) is 6.31. The minimum atomic E-state index is -4.49. The number of aromatic amines is 1. The zero-order valence-corrected chi connectivity index (χ0v) is 19.6. The number of halogens is 4. The number of H-pyrrole nitrogens is 1. The van der Waals surface area contributed by atoms with Crippen molar-refractivity contribution in [2.45, 2.75) is 51.2 Å². The number of aromatic nitrogens is 5. The van der Waals surface area contributed by atoms with Crippen LogP contribution in [0, 0.1) is 17.7 Å².